The monoisotopic (exact) mass is 409 g/mol. The molecule has 0 spiro atoms. The van der Waals surface area contributed by atoms with E-state index in [0.29, 0.717) is 16.8 Å². The molecule has 0 bridgehead atoms. The van der Waals surface area contributed by atoms with Crippen LogP contribution >= 0.6 is 15.9 Å². The molecule has 1 atom stereocenters. The number of halogens is 1. The van der Waals surface area contributed by atoms with Crippen LogP contribution in [-0.2, 0) is 16.4 Å². The first-order chi connectivity index (χ1) is 11.5. The van der Waals surface area contributed by atoms with Crippen molar-refractivity contribution in [1.82, 2.24) is 4.72 Å². The van der Waals surface area contributed by atoms with E-state index in [1.165, 1.54) is 5.56 Å². The standard InChI is InChI=1S/C18H20BrNO3S/c1-2-23-17-11-10-14(19)12-18(17)24(21,22)20-16-9-5-7-13-6-3-4-8-15(13)16/h3-4,6,8,10-12,16,20H,2,5,7,9H2,1H3/t16-/m0/s1. The molecule has 6 heteroatoms. The van der Waals surface area contributed by atoms with E-state index in [9.17, 15) is 8.42 Å². The summed E-state index contributed by atoms with van der Waals surface area (Å²) in [6.07, 6.45) is 2.77. The summed E-state index contributed by atoms with van der Waals surface area (Å²) in [6.45, 7) is 2.25. The fourth-order valence-corrected chi connectivity index (χ4v) is 5.03. The minimum Gasteiger partial charge on any atom is -0.492 e. The molecule has 128 valence electrons. The Hall–Kier alpha value is -1.37. The highest BCUT2D eigenvalue weighted by Crippen LogP contribution is 2.33. The van der Waals surface area contributed by atoms with Crippen LogP contribution < -0.4 is 9.46 Å². The molecular weight excluding hydrogens is 390 g/mol. The molecule has 0 saturated carbocycles. The minimum atomic E-state index is -3.68. The molecule has 2 aromatic rings. The van der Waals surface area contributed by atoms with E-state index in [4.69, 9.17) is 4.74 Å². The van der Waals surface area contributed by atoms with E-state index in [1.54, 1.807) is 18.2 Å². The molecule has 1 N–H and O–H groups in total. The van der Waals surface area contributed by atoms with Crippen LogP contribution in [0.5, 0.6) is 5.75 Å². The zero-order valence-electron chi connectivity index (χ0n) is 13.5. The lowest BCUT2D eigenvalue weighted by Crippen LogP contribution is -2.31. The third-order valence-electron chi connectivity index (χ3n) is 4.16. The predicted octanol–water partition coefficient (Wildman–Crippen LogP) is 4.20. The molecular formula is C18H20BrNO3S. The van der Waals surface area contributed by atoms with Gasteiger partial charge in [-0.1, -0.05) is 40.2 Å². The molecule has 2 aromatic carbocycles. The summed E-state index contributed by atoms with van der Waals surface area (Å²) < 4.78 is 35.0. The van der Waals surface area contributed by atoms with Gasteiger partial charge < -0.3 is 4.74 Å². The molecule has 0 unspecified atom stereocenters. The summed E-state index contributed by atoms with van der Waals surface area (Å²) in [5, 5.41) is 0. The van der Waals surface area contributed by atoms with Gasteiger partial charge in [-0.05, 0) is 55.5 Å². The Balaban J connectivity index is 1.94. The highest BCUT2D eigenvalue weighted by Gasteiger charge is 2.27. The van der Waals surface area contributed by atoms with Gasteiger partial charge in [-0.15, -0.1) is 0 Å². The van der Waals surface area contributed by atoms with Crippen molar-refractivity contribution >= 4 is 26.0 Å². The molecule has 4 nitrogen and oxygen atoms in total. The zero-order chi connectivity index (χ0) is 17.2. The summed E-state index contributed by atoms with van der Waals surface area (Å²) in [7, 11) is -3.68. The van der Waals surface area contributed by atoms with Crippen LogP contribution in [0.25, 0.3) is 0 Å². The van der Waals surface area contributed by atoms with E-state index < -0.39 is 10.0 Å². The van der Waals surface area contributed by atoms with Crippen molar-refractivity contribution in [1.29, 1.82) is 0 Å². The lowest BCUT2D eigenvalue weighted by atomic mass is 9.88. The molecule has 1 aliphatic rings. The van der Waals surface area contributed by atoms with Gasteiger partial charge in [-0.2, -0.15) is 0 Å². The average Bonchev–Trinajstić information content (AvgIpc) is 2.57. The highest BCUT2D eigenvalue weighted by atomic mass is 79.9. The van der Waals surface area contributed by atoms with E-state index in [1.807, 2.05) is 25.1 Å². The first-order valence-electron chi connectivity index (χ1n) is 8.04. The quantitative estimate of drug-likeness (QED) is 0.804. The summed E-state index contributed by atoms with van der Waals surface area (Å²) in [6, 6.07) is 12.9. The second-order valence-corrected chi connectivity index (χ2v) is 8.39. The van der Waals surface area contributed by atoms with Crippen molar-refractivity contribution in [2.24, 2.45) is 0 Å². The SMILES string of the molecule is CCOc1ccc(Br)cc1S(=O)(=O)N[C@H]1CCCc2ccccc21. The normalized spacial score (nSPS) is 17.3. The third kappa shape index (κ3) is 3.66. The maximum Gasteiger partial charge on any atom is 0.244 e. The Kier molecular flexibility index (Phi) is 5.27. The lowest BCUT2D eigenvalue weighted by Gasteiger charge is -2.26. The van der Waals surface area contributed by atoms with Gasteiger partial charge in [0.1, 0.15) is 10.6 Å². The van der Waals surface area contributed by atoms with Crippen LogP contribution in [0.2, 0.25) is 0 Å². The van der Waals surface area contributed by atoms with E-state index in [-0.39, 0.29) is 10.9 Å². The Morgan fingerprint density at radius 2 is 2.04 bits per heavy atom. The van der Waals surface area contributed by atoms with Crippen LogP contribution in [0.4, 0.5) is 0 Å². The predicted molar refractivity (Wildman–Crippen MR) is 97.8 cm³/mol. The Labute approximate surface area is 151 Å². The second-order valence-electron chi connectivity index (χ2n) is 5.79. The summed E-state index contributed by atoms with van der Waals surface area (Å²) in [5.74, 6) is 0.372. The molecule has 0 saturated heterocycles. The van der Waals surface area contributed by atoms with Crippen LogP contribution in [-0.4, -0.2) is 15.0 Å². The van der Waals surface area contributed by atoms with Crippen molar-refractivity contribution in [2.75, 3.05) is 6.61 Å². The van der Waals surface area contributed by atoms with Crippen LogP contribution in [0.1, 0.15) is 36.9 Å². The molecule has 24 heavy (non-hydrogen) atoms. The number of hydrogen-bond donors (Lipinski definition) is 1. The van der Waals surface area contributed by atoms with Crippen molar-refractivity contribution in [3.8, 4) is 5.75 Å². The van der Waals surface area contributed by atoms with Crippen molar-refractivity contribution < 1.29 is 13.2 Å². The molecule has 0 fully saturated rings. The van der Waals surface area contributed by atoms with Crippen LogP contribution in [0.15, 0.2) is 51.8 Å². The Bertz CT molecular complexity index is 836. The first-order valence-corrected chi connectivity index (χ1v) is 10.3. The highest BCUT2D eigenvalue weighted by molar-refractivity contribution is 9.10. The van der Waals surface area contributed by atoms with Crippen molar-refractivity contribution in [3.05, 3.63) is 58.1 Å². The first kappa shape index (κ1) is 17.5. The number of rotatable bonds is 5. The Morgan fingerprint density at radius 1 is 1.25 bits per heavy atom. The smallest absolute Gasteiger partial charge is 0.244 e. The maximum atomic E-state index is 12.9. The van der Waals surface area contributed by atoms with Crippen LogP contribution in [0, 0.1) is 0 Å². The molecule has 0 aliphatic heterocycles. The number of sulfonamides is 1. The largest absolute Gasteiger partial charge is 0.492 e. The number of fused-ring (bicyclic) bond motifs is 1. The number of benzene rings is 2. The van der Waals surface area contributed by atoms with Crippen molar-refractivity contribution in [3.63, 3.8) is 0 Å². The lowest BCUT2D eigenvalue weighted by molar-refractivity contribution is 0.330. The van der Waals surface area contributed by atoms with Gasteiger partial charge in [0.25, 0.3) is 0 Å². The molecule has 0 radical (unpaired) electrons. The van der Waals surface area contributed by atoms with Crippen molar-refractivity contribution in [2.45, 2.75) is 37.1 Å². The minimum absolute atomic E-state index is 0.168. The second kappa shape index (κ2) is 7.25. The fraction of sp³-hybridized carbons (Fsp3) is 0.333. The van der Waals surface area contributed by atoms with Gasteiger partial charge in [0.2, 0.25) is 10.0 Å². The van der Waals surface area contributed by atoms with E-state index in [2.05, 4.69) is 26.7 Å². The van der Waals surface area contributed by atoms with Gasteiger partial charge in [0.05, 0.1) is 6.61 Å². The Morgan fingerprint density at radius 3 is 2.83 bits per heavy atom. The number of nitrogens with one attached hydrogen (secondary N) is 1. The summed E-state index contributed by atoms with van der Waals surface area (Å²) in [5.41, 5.74) is 2.29. The van der Waals surface area contributed by atoms with Crippen LogP contribution in [0.3, 0.4) is 0 Å². The molecule has 0 amide bonds. The molecule has 3 rings (SSSR count). The molecule has 1 aliphatic carbocycles. The fourth-order valence-electron chi connectivity index (χ4n) is 3.09. The zero-order valence-corrected chi connectivity index (χ0v) is 15.9. The van der Waals surface area contributed by atoms with Gasteiger partial charge in [0.15, 0.2) is 0 Å². The van der Waals surface area contributed by atoms with Gasteiger partial charge in [0, 0.05) is 10.5 Å². The summed E-state index contributed by atoms with van der Waals surface area (Å²) >= 11 is 3.34. The average molecular weight is 410 g/mol. The molecule has 0 heterocycles. The van der Waals surface area contributed by atoms with Gasteiger partial charge in [-0.25, -0.2) is 13.1 Å². The van der Waals surface area contributed by atoms with Gasteiger partial charge in [-0.3, -0.25) is 0 Å². The number of ether oxygens (including phenoxy) is 1. The third-order valence-corrected chi connectivity index (χ3v) is 6.15. The topological polar surface area (TPSA) is 55.4 Å². The number of aryl methyl sites for hydroxylation is 1. The van der Waals surface area contributed by atoms with Gasteiger partial charge >= 0.3 is 0 Å². The maximum absolute atomic E-state index is 12.9. The summed E-state index contributed by atoms with van der Waals surface area (Å²) in [4.78, 5) is 0.168. The van der Waals surface area contributed by atoms with E-state index >= 15 is 0 Å². The number of hydrogen-bond acceptors (Lipinski definition) is 3. The van der Waals surface area contributed by atoms with E-state index in [0.717, 1.165) is 24.8 Å². The molecule has 0 aromatic heterocycles.